The smallest absolute Gasteiger partial charge is 0.144 e. The third kappa shape index (κ3) is 4.56. The van der Waals surface area contributed by atoms with Crippen molar-refractivity contribution >= 4 is 17.6 Å². The van der Waals surface area contributed by atoms with Gasteiger partial charge < -0.3 is 4.55 Å². The Morgan fingerprint density at radius 1 is 1.17 bits per heavy atom. The van der Waals surface area contributed by atoms with Crippen LogP contribution in [0, 0.1) is 11.6 Å². The number of hydrogen-bond acceptors (Lipinski definition) is 4. The summed E-state index contributed by atoms with van der Waals surface area (Å²) < 4.78 is 43.1. The van der Waals surface area contributed by atoms with E-state index in [0.29, 0.717) is 5.56 Å². The minimum Gasteiger partial charge on any atom is -0.591 e. The molecule has 0 saturated heterocycles. The Kier molecular flexibility index (Phi) is 5.43. The molecule has 0 radical (unpaired) electrons. The molecule has 0 bridgehead atoms. The minimum atomic E-state index is -1.41. The molecule has 2 aromatic rings. The second kappa shape index (κ2) is 7.14. The lowest BCUT2D eigenvalue weighted by Crippen LogP contribution is -2.25. The van der Waals surface area contributed by atoms with E-state index in [-0.39, 0.29) is 17.5 Å². The van der Waals surface area contributed by atoms with Gasteiger partial charge in [0.25, 0.3) is 0 Å². The van der Waals surface area contributed by atoms with Crippen molar-refractivity contribution in [2.45, 2.75) is 31.9 Å². The molecule has 0 aliphatic rings. The number of halogens is 2. The fourth-order valence-electron chi connectivity index (χ4n) is 1.77. The number of benzene rings is 1. The van der Waals surface area contributed by atoms with Crippen molar-refractivity contribution in [3.8, 4) is 11.1 Å². The van der Waals surface area contributed by atoms with Gasteiger partial charge in [-0.3, -0.25) is 0 Å². The fraction of sp³-hybridized carbons (Fsp3) is 0.312. The van der Waals surface area contributed by atoms with Crippen LogP contribution < -0.4 is 0 Å². The molecule has 23 heavy (non-hydrogen) atoms. The average molecular weight is 337 g/mol. The molecule has 0 N–H and O–H groups in total. The second-order valence-electron chi connectivity index (χ2n) is 5.90. The summed E-state index contributed by atoms with van der Waals surface area (Å²) in [5, 5.41) is 0. The molecule has 2 rings (SSSR count). The molecule has 1 aromatic heterocycles. The van der Waals surface area contributed by atoms with Crippen molar-refractivity contribution in [3.05, 3.63) is 48.1 Å². The van der Waals surface area contributed by atoms with Gasteiger partial charge in [0.05, 0.1) is 6.21 Å². The summed E-state index contributed by atoms with van der Waals surface area (Å²) in [7, 11) is 0. The monoisotopic (exact) mass is 337 g/mol. The summed E-state index contributed by atoms with van der Waals surface area (Å²) in [6, 6.07) is 2.22. The molecule has 0 aliphatic carbocycles. The summed E-state index contributed by atoms with van der Waals surface area (Å²) >= 11 is -1.41. The first-order valence-electron chi connectivity index (χ1n) is 6.97. The maximum absolute atomic E-state index is 13.9. The fourth-order valence-corrected chi connectivity index (χ4v) is 2.30. The number of rotatable bonds is 4. The number of hydrogen-bond donors (Lipinski definition) is 0. The van der Waals surface area contributed by atoms with Gasteiger partial charge in [0, 0.05) is 36.0 Å². The van der Waals surface area contributed by atoms with E-state index in [0.717, 1.165) is 6.07 Å². The second-order valence-corrected chi connectivity index (χ2v) is 7.84. The zero-order valence-electron chi connectivity index (χ0n) is 13.1. The molecular formula is C16H17F2N3OS. The highest BCUT2D eigenvalue weighted by Gasteiger charge is 2.25. The van der Waals surface area contributed by atoms with Gasteiger partial charge in [0.2, 0.25) is 0 Å². The number of nitrogens with zero attached hydrogens (tertiary/aromatic N) is 3. The van der Waals surface area contributed by atoms with E-state index in [9.17, 15) is 13.3 Å². The van der Waals surface area contributed by atoms with E-state index in [4.69, 9.17) is 0 Å². The third-order valence-corrected chi connectivity index (χ3v) is 4.40. The Hall–Kier alpha value is -1.86. The van der Waals surface area contributed by atoms with Crippen LogP contribution in [0.2, 0.25) is 0 Å². The van der Waals surface area contributed by atoms with Gasteiger partial charge in [0.1, 0.15) is 34.1 Å². The highest BCUT2D eigenvalue weighted by Crippen LogP contribution is 2.25. The Balaban J connectivity index is 2.25. The van der Waals surface area contributed by atoms with Gasteiger partial charge >= 0.3 is 0 Å². The summed E-state index contributed by atoms with van der Waals surface area (Å²) in [4.78, 5) is 7.66. The summed E-state index contributed by atoms with van der Waals surface area (Å²) in [5.41, 5.74) is 0.939. The topological polar surface area (TPSA) is 61.2 Å². The van der Waals surface area contributed by atoms with Crippen LogP contribution in [-0.2, 0) is 17.8 Å². The summed E-state index contributed by atoms with van der Waals surface area (Å²) in [6.07, 6.45) is 5.75. The van der Waals surface area contributed by atoms with E-state index in [2.05, 4.69) is 14.4 Å². The zero-order chi connectivity index (χ0) is 17.0. The van der Waals surface area contributed by atoms with Crippen molar-refractivity contribution < 1.29 is 13.3 Å². The van der Waals surface area contributed by atoms with Crippen LogP contribution in [0.15, 0.2) is 35.3 Å². The molecule has 1 aromatic carbocycles. The number of aromatic nitrogens is 2. The molecule has 1 atom stereocenters. The quantitative estimate of drug-likeness (QED) is 0.634. The van der Waals surface area contributed by atoms with E-state index >= 15 is 0 Å². The average Bonchev–Trinajstić information content (AvgIpc) is 2.49. The standard InChI is InChI=1S/C16H17F2N3OS/c1-16(2,3)23(22)21-5-4-11-6-13(15(18)7-14(11)17)12-8-19-10-20-9-12/h5-10H,4H2,1-3H3/b21-5+. The highest BCUT2D eigenvalue weighted by atomic mass is 32.2. The maximum atomic E-state index is 13.9. The third-order valence-electron chi connectivity index (χ3n) is 3.01. The lowest BCUT2D eigenvalue weighted by molar-refractivity contribution is 0.561. The SMILES string of the molecule is CC(C)(C)[S+]([O-])/N=C/Cc1cc(-c2cncnc2)c(F)cc1F. The van der Waals surface area contributed by atoms with Crippen molar-refractivity contribution in [1.29, 1.82) is 0 Å². The molecule has 0 amide bonds. The molecule has 1 unspecified atom stereocenters. The minimum absolute atomic E-state index is 0.120. The van der Waals surface area contributed by atoms with Crippen LogP contribution in [0.1, 0.15) is 26.3 Å². The predicted molar refractivity (Wildman–Crippen MR) is 87.5 cm³/mol. The summed E-state index contributed by atoms with van der Waals surface area (Å²) in [5.74, 6) is -1.35. The van der Waals surface area contributed by atoms with Crippen LogP contribution in [0.25, 0.3) is 11.1 Å². The van der Waals surface area contributed by atoms with Crippen molar-refractivity contribution in [2.24, 2.45) is 4.40 Å². The molecule has 0 saturated carbocycles. The van der Waals surface area contributed by atoms with E-state index < -0.39 is 27.7 Å². The normalized spacial score (nSPS) is 13.5. The van der Waals surface area contributed by atoms with Gasteiger partial charge in [-0.2, -0.15) is 0 Å². The lowest BCUT2D eigenvalue weighted by atomic mass is 10.0. The Morgan fingerprint density at radius 3 is 2.43 bits per heavy atom. The van der Waals surface area contributed by atoms with E-state index in [1.54, 1.807) is 20.8 Å². The van der Waals surface area contributed by atoms with E-state index in [1.165, 1.54) is 31.0 Å². The molecule has 0 fully saturated rings. The van der Waals surface area contributed by atoms with Crippen LogP contribution in [-0.4, -0.2) is 25.5 Å². The van der Waals surface area contributed by atoms with Crippen molar-refractivity contribution in [1.82, 2.24) is 9.97 Å². The molecule has 0 spiro atoms. The van der Waals surface area contributed by atoms with Crippen molar-refractivity contribution in [2.75, 3.05) is 0 Å². The molecule has 0 aliphatic heterocycles. The van der Waals surface area contributed by atoms with Crippen molar-refractivity contribution in [3.63, 3.8) is 0 Å². The lowest BCUT2D eigenvalue weighted by Gasteiger charge is -2.17. The Bertz CT molecular complexity index is 702. The molecule has 4 nitrogen and oxygen atoms in total. The van der Waals surface area contributed by atoms with Gasteiger partial charge in [0.15, 0.2) is 0 Å². The van der Waals surface area contributed by atoms with Gasteiger partial charge in [-0.05, 0) is 32.4 Å². The summed E-state index contributed by atoms with van der Waals surface area (Å²) in [6.45, 7) is 5.39. The largest absolute Gasteiger partial charge is 0.591 e. The first-order valence-corrected chi connectivity index (χ1v) is 8.07. The zero-order valence-corrected chi connectivity index (χ0v) is 13.9. The molecule has 122 valence electrons. The van der Waals surface area contributed by atoms with Gasteiger partial charge in [-0.1, -0.05) is 4.40 Å². The van der Waals surface area contributed by atoms with Crippen LogP contribution in [0.4, 0.5) is 8.78 Å². The van der Waals surface area contributed by atoms with Crippen LogP contribution in [0.3, 0.4) is 0 Å². The predicted octanol–water partition coefficient (Wildman–Crippen LogP) is 3.50. The first-order chi connectivity index (χ1) is 10.8. The van der Waals surface area contributed by atoms with E-state index in [1.807, 2.05) is 0 Å². The van der Waals surface area contributed by atoms with Crippen LogP contribution >= 0.6 is 0 Å². The molecule has 7 heteroatoms. The molecular weight excluding hydrogens is 320 g/mol. The Labute approximate surface area is 137 Å². The van der Waals surface area contributed by atoms with Gasteiger partial charge in [-0.25, -0.2) is 18.7 Å². The molecule has 1 heterocycles. The highest BCUT2D eigenvalue weighted by molar-refractivity contribution is 7.91. The van der Waals surface area contributed by atoms with Gasteiger partial charge in [-0.15, -0.1) is 0 Å². The maximum Gasteiger partial charge on any atom is 0.144 e. The van der Waals surface area contributed by atoms with Crippen LogP contribution in [0.5, 0.6) is 0 Å². The first kappa shape index (κ1) is 17.5. The Morgan fingerprint density at radius 2 is 1.83 bits per heavy atom.